The molecule has 1 aliphatic rings. The summed E-state index contributed by atoms with van der Waals surface area (Å²) in [5, 5.41) is 0. The van der Waals surface area contributed by atoms with Gasteiger partial charge in [0.25, 0.3) is 0 Å². The predicted octanol–water partition coefficient (Wildman–Crippen LogP) is 3.41. The fourth-order valence-electron chi connectivity index (χ4n) is 2.81. The van der Waals surface area contributed by atoms with Crippen LogP contribution in [0.15, 0.2) is 54.6 Å². The van der Waals surface area contributed by atoms with Crippen molar-refractivity contribution in [2.75, 3.05) is 12.0 Å². The van der Waals surface area contributed by atoms with Crippen LogP contribution in [0, 0.1) is 0 Å². The molecule has 0 aromatic heterocycles. The Labute approximate surface area is 136 Å². The van der Waals surface area contributed by atoms with Gasteiger partial charge in [0.05, 0.1) is 32.3 Å². The number of methoxy groups -OCH3 is 1. The predicted molar refractivity (Wildman–Crippen MR) is 89.6 cm³/mol. The number of hydrogen-bond acceptors (Lipinski definition) is 3. The summed E-state index contributed by atoms with van der Waals surface area (Å²) in [5.41, 5.74) is 2.03. The summed E-state index contributed by atoms with van der Waals surface area (Å²) in [5.74, 6) is 0.918. The van der Waals surface area contributed by atoms with E-state index in [0.717, 1.165) is 17.0 Å². The van der Waals surface area contributed by atoms with Gasteiger partial charge >= 0.3 is 0 Å². The van der Waals surface area contributed by atoms with E-state index in [2.05, 4.69) is 0 Å². The highest BCUT2D eigenvalue weighted by Gasteiger charge is 2.41. The molecular formula is C19H21NO3. The second-order valence-electron chi connectivity index (χ2n) is 5.73. The second kappa shape index (κ2) is 6.84. The highest BCUT2D eigenvalue weighted by atomic mass is 16.5. The van der Waals surface area contributed by atoms with E-state index < -0.39 is 0 Å². The quantitative estimate of drug-likeness (QED) is 0.767. The number of benzene rings is 2. The number of β-lactam (4-membered cyclic amide) rings is 1. The molecule has 4 nitrogen and oxygen atoms in total. The molecule has 1 saturated heterocycles. The maximum absolute atomic E-state index is 12.0. The van der Waals surface area contributed by atoms with Gasteiger partial charge in [-0.25, -0.2) is 0 Å². The zero-order valence-corrected chi connectivity index (χ0v) is 13.4. The molecule has 1 aliphatic heterocycles. The molecule has 1 fully saturated rings. The fourth-order valence-corrected chi connectivity index (χ4v) is 2.81. The molecular weight excluding hydrogens is 290 g/mol. The van der Waals surface area contributed by atoms with Crippen molar-refractivity contribution in [1.29, 1.82) is 0 Å². The topological polar surface area (TPSA) is 38.8 Å². The fraction of sp³-hybridized carbons (Fsp3) is 0.316. The molecule has 0 saturated carbocycles. The number of anilines is 1. The third-order valence-electron chi connectivity index (χ3n) is 4.23. The van der Waals surface area contributed by atoms with E-state index in [-0.39, 0.29) is 18.1 Å². The molecule has 23 heavy (non-hydrogen) atoms. The van der Waals surface area contributed by atoms with Crippen LogP contribution in [0.5, 0.6) is 5.75 Å². The molecule has 1 amide bonds. The number of hydrogen-bond donors (Lipinski definition) is 0. The molecule has 0 aliphatic carbocycles. The average molecular weight is 311 g/mol. The first-order chi connectivity index (χ1) is 11.2. The zero-order chi connectivity index (χ0) is 16.2. The van der Waals surface area contributed by atoms with Crippen molar-refractivity contribution in [3.05, 3.63) is 60.2 Å². The summed E-state index contributed by atoms with van der Waals surface area (Å²) >= 11 is 0. The first-order valence-corrected chi connectivity index (χ1v) is 7.80. The maximum Gasteiger partial charge on any atom is 0.229 e. The molecule has 1 heterocycles. The minimum absolute atomic E-state index is 0.0185. The van der Waals surface area contributed by atoms with Crippen molar-refractivity contribution in [2.24, 2.45) is 0 Å². The van der Waals surface area contributed by atoms with Crippen molar-refractivity contribution >= 4 is 11.6 Å². The lowest BCUT2D eigenvalue weighted by atomic mass is 9.95. The highest BCUT2D eigenvalue weighted by molar-refractivity contribution is 6.01. The van der Waals surface area contributed by atoms with E-state index >= 15 is 0 Å². The van der Waals surface area contributed by atoms with E-state index in [1.54, 1.807) is 7.11 Å². The number of carbonyl (C=O) groups excluding carboxylic acids is 1. The van der Waals surface area contributed by atoms with Crippen molar-refractivity contribution in [3.63, 3.8) is 0 Å². The molecule has 0 radical (unpaired) electrons. The lowest BCUT2D eigenvalue weighted by Gasteiger charge is -2.43. The summed E-state index contributed by atoms with van der Waals surface area (Å²) in [6.07, 6.45) is 0.511. The van der Waals surface area contributed by atoms with E-state index in [4.69, 9.17) is 9.47 Å². The number of carbonyl (C=O) groups is 1. The van der Waals surface area contributed by atoms with Gasteiger partial charge in [-0.15, -0.1) is 0 Å². The monoisotopic (exact) mass is 311 g/mol. The van der Waals surface area contributed by atoms with Gasteiger partial charge in [0.2, 0.25) is 5.91 Å². The standard InChI is InChI=1S/C19H21NO3/c1-14(23-13-15-6-4-3-5-7-15)18-12-19(21)20(18)16-8-10-17(22-2)11-9-16/h3-11,14,18H,12-13H2,1-2H3/t14-,18-/m0/s1. The van der Waals surface area contributed by atoms with Crippen LogP contribution < -0.4 is 9.64 Å². The summed E-state index contributed by atoms with van der Waals surface area (Å²) in [7, 11) is 1.63. The molecule has 4 heteroatoms. The van der Waals surface area contributed by atoms with Crippen LogP contribution in [-0.4, -0.2) is 25.2 Å². The van der Waals surface area contributed by atoms with Crippen molar-refractivity contribution in [3.8, 4) is 5.75 Å². The molecule has 120 valence electrons. The van der Waals surface area contributed by atoms with Crippen LogP contribution in [0.25, 0.3) is 0 Å². The largest absolute Gasteiger partial charge is 0.497 e. The van der Waals surface area contributed by atoms with Crippen LogP contribution in [0.4, 0.5) is 5.69 Å². The maximum atomic E-state index is 12.0. The van der Waals surface area contributed by atoms with Crippen LogP contribution in [0.3, 0.4) is 0 Å². The molecule has 0 spiro atoms. The summed E-state index contributed by atoms with van der Waals surface area (Å²) in [4.78, 5) is 13.8. The van der Waals surface area contributed by atoms with Gasteiger partial charge in [-0.3, -0.25) is 4.79 Å². The molecule has 3 rings (SSSR count). The van der Waals surface area contributed by atoms with E-state index in [1.807, 2.05) is 66.4 Å². The third-order valence-corrected chi connectivity index (χ3v) is 4.23. The first kappa shape index (κ1) is 15.6. The minimum Gasteiger partial charge on any atom is -0.497 e. The van der Waals surface area contributed by atoms with Crippen molar-refractivity contribution < 1.29 is 14.3 Å². The van der Waals surface area contributed by atoms with E-state index in [0.29, 0.717) is 13.0 Å². The number of amides is 1. The van der Waals surface area contributed by atoms with Gasteiger partial charge in [0, 0.05) is 5.69 Å². The van der Waals surface area contributed by atoms with Crippen LogP contribution in [0.1, 0.15) is 18.9 Å². The average Bonchev–Trinajstić information content (AvgIpc) is 2.59. The Morgan fingerprint density at radius 2 is 1.83 bits per heavy atom. The lowest BCUT2D eigenvalue weighted by Crippen LogP contribution is -2.58. The van der Waals surface area contributed by atoms with Gasteiger partial charge in [-0.05, 0) is 36.8 Å². The SMILES string of the molecule is COc1ccc(N2C(=O)C[C@H]2[C@H](C)OCc2ccccc2)cc1. The van der Waals surface area contributed by atoms with E-state index in [9.17, 15) is 4.79 Å². The Morgan fingerprint density at radius 3 is 2.43 bits per heavy atom. The first-order valence-electron chi connectivity index (χ1n) is 7.80. The van der Waals surface area contributed by atoms with Crippen LogP contribution in [0.2, 0.25) is 0 Å². The Balaban J connectivity index is 1.63. The molecule has 2 aromatic rings. The molecule has 0 unspecified atom stereocenters. The minimum atomic E-state index is -0.0185. The summed E-state index contributed by atoms with van der Waals surface area (Å²) < 4.78 is 11.1. The Hall–Kier alpha value is -2.33. The van der Waals surface area contributed by atoms with E-state index in [1.165, 1.54) is 0 Å². The second-order valence-corrected chi connectivity index (χ2v) is 5.73. The zero-order valence-electron chi connectivity index (χ0n) is 13.4. The van der Waals surface area contributed by atoms with Crippen molar-refractivity contribution in [1.82, 2.24) is 0 Å². The number of rotatable bonds is 6. The smallest absolute Gasteiger partial charge is 0.229 e. The number of nitrogens with zero attached hydrogens (tertiary/aromatic N) is 1. The Bertz CT molecular complexity index is 654. The van der Waals surface area contributed by atoms with Crippen LogP contribution in [-0.2, 0) is 16.1 Å². The van der Waals surface area contributed by atoms with Crippen molar-refractivity contribution in [2.45, 2.75) is 32.1 Å². The number of ether oxygens (including phenoxy) is 2. The Morgan fingerprint density at radius 1 is 1.13 bits per heavy atom. The molecule has 0 N–H and O–H groups in total. The molecule has 0 bridgehead atoms. The summed E-state index contributed by atoms with van der Waals surface area (Å²) in [6, 6.07) is 17.7. The van der Waals surface area contributed by atoms with Crippen LogP contribution >= 0.6 is 0 Å². The normalized spacial score (nSPS) is 18.4. The highest BCUT2D eigenvalue weighted by Crippen LogP contribution is 2.32. The summed E-state index contributed by atoms with van der Waals surface area (Å²) in [6.45, 7) is 2.58. The van der Waals surface area contributed by atoms with Gasteiger partial charge in [-0.1, -0.05) is 30.3 Å². The van der Waals surface area contributed by atoms with Gasteiger partial charge in [0.1, 0.15) is 5.75 Å². The lowest BCUT2D eigenvalue weighted by molar-refractivity contribution is -0.127. The third kappa shape index (κ3) is 3.37. The Kier molecular flexibility index (Phi) is 4.63. The van der Waals surface area contributed by atoms with Gasteiger partial charge < -0.3 is 14.4 Å². The molecule has 2 atom stereocenters. The molecule has 2 aromatic carbocycles. The van der Waals surface area contributed by atoms with Gasteiger partial charge in [0.15, 0.2) is 0 Å². The van der Waals surface area contributed by atoms with Gasteiger partial charge in [-0.2, -0.15) is 0 Å².